The molecule has 0 N–H and O–H groups in total. The summed E-state index contributed by atoms with van der Waals surface area (Å²) in [6.45, 7) is 6.91. The second-order valence-electron chi connectivity index (χ2n) is 5.47. The minimum Gasteiger partial charge on any atom is -0.462 e. The van der Waals surface area contributed by atoms with Crippen LogP contribution in [0.15, 0.2) is 22.8 Å². The maximum Gasteiger partial charge on any atom is 0.273 e. The Morgan fingerprint density at radius 3 is 3.05 bits per heavy atom. The predicted octanol–water partition coefficient (Wildman–Crippen LogP) is 3.21. The zero-order valence-corrected chi connectivity index (χ0v) is 13.7. The summed E-state index contributed by atoms with van der Waals surface area (Å²) in [5.41, 5.74) is 0.539. The lowest BCUT2D eigenvalue weighted by molar-refractivity contribution is 0.0725. The first kappa shape index (κ1) is 15.2. The molecule has 6 heteroatoms. The van der Waals surface area contributed by atoms with E-state index in [0.29, 0.717) is 23.9 Å². The minimum absolute atomic E-state index is 0.000885. The van der Waals surface area contributed by atoms with Gasteiger partial charge in [0.25, 0.3) is 5.91 Å². The van der Waals surface area contributed by atoms with Crippen molar-refractivity contribution in [2.45, 2.75) is 20.3 Å². The van der Waals surface area contributed by atoms with Gasteiger partial charge in [0, 0.05) is 30.5 Å². The molecule has 0 bridgehead atoms. The van der Waals surface area contributed by atoms with E-state index in [9.17, 15) is 4.79 Å². The van der Waals surface area contributed by atoms with Crippen molar-refractivity contribution >= 4 is 17.2 Å². The third-order valence-corrected chi connectivity index (χ3v) is 4.89. The Morgan fingerprint density at radius 2 is 2.41 bits per heavy atom. The number of ether oxygens (including phenoxy) is 1. The van der Waals surface area contributed by atoms with Crippen molar-refractivity contribution in [3.8, 4) is 10.8 Å². The van der Waals surface area contributed by atoms with Crippen LogP contribution in [0.4, 0.5) is 0 Å². The van der Waals surface area contributed by atoms with E-state index in [1.165, 1.54) is 11.3 Å². The Balaban J connectivity index is 1.78. The summed E-state index contributed by atoms with van der Waals surface area (Å²) in [7, 11) is 0. The van der Waals surface area contributed by atoms with Gasteiger partial charge < -0.3 is 14.1 Å². The molecule has 1 aliphatic rings. The van der Waals surface area contributed by atoms with E-state index in [1.807, 2.05) is 30.9 Å². The van der Waals surface area contributed by atoms with Gasteiger partial charge in [-0.15, -0.1) is 11.3 Å². The number of carbonyl (C=O) groups excluding carboxylic acids is 1. The second-order valence-corrected chi connectivity index (χ2v) is 6.68. The van der Waals surface area contributed by atoms with Gasteiger partial charge in [-0.05, 0) is 32.4 Å². The van der Waals surface area contributed by atoms with Crippen molar-refractivity contribution < 1.29 is 13.9 Å². The lowest BCUT2D eigenvalue weighted by atomic mass is 10.1. The number of rotatable bonds is 5. The van der Waals surface area contributed by atoms with Crippen molar-refractivity contribution in [3.63, 3.8) is 0 Å². The molecular formula is C16H20N2O3S. The molecule has 0 radical (unpaired) electrons. The lowest BCUT2D eigenvalue weighted by Gasteiger charge is -2.23. The van der Waals surface area contributed by atoms with Gasteiger partial charge in [-0.2, -0.15) is 0 Å². The average Bonchev–Trinajstić information content (AvgIpc) is 3.25. The van der Waals surface area contributed by atoms with Gasteiger partial charge in [0.2, 0.25) is 0 Å². The van der Waals surface area contributed by atoms with Gasteiger partial charge in [0.1, 0.15) is 5.69 Å². The Morgan fingerprint density at radius 1 is 1.55 bits per heavy atom. The fourth-order valence-electron chi connectivity index (χ4n) is 2.64. The highest BCUT2D eigenvalue weighted by Gasteiger charge is 2.25. The summed E-state index contributed by atoms with van der Waals surface area (Å²) < 4.78 is 10.8. The number of amides is 1. The number of aromatic nitrogens is 1. The first-order valence-corrected chi connectivity index (χ1v) is 8.39. The van der Waals surface area contributed by atoms with E-state index in [1.54, 1.807) is 6.26 Å². The summed E-state index contributed by atoms with van der Waals surface area (Å²) in [4.78, 5) is 20.1. The Bertz CT molecular complexity index is 630. The molecule has 1 fully saturated rings. The van der Waals surface area contributed by atoms with Gasteiger partial charge in [-0.1, -0.05) is 0 Å². The third kappa shape index (κ3) is 3.08. The topological polar surface area (TPSA) is 55.6 Å². The monoisotopic (exact) mass is 320 g/mol. The van der Waals surface area contributed by atoms with Crippen molar-refractivity contribution in [3.05, 3.63) is 29.0 Å². The number of aryl methyl sites for hydroxylation is 1. The van der Waals surface area contributed by atoms with E-state index in [-0.39, 0.29) is 5.91 Å². The zero-order valence-electron chi connectivity index (χ0n) is 12.9. The molecule has 2 aromatic heterocycles. The van der Waals surface area contributed by atoms with Gasteiger partial charge in [0.15, 0.2) is 10.8 Å². The summed E-state index contributed by atoms with van der Waals surface area (Å²) in [5, 5.41) is 0.756. The molecule has 5 nitrogen and oxygen atoms in total. The van der Waals surface area contributed by atoms with Crippen LogP contribution >= 0.6 is 11.3 Å². The summed E-state index contributed by atoms with van der Waals surface area (Å²) in [5.74, 6) is 1.15. The van der Waals surface area contributed by atoms with Gasteiger partial charge in [0.05, 0.1) is 12.9 Å². The van der Waals surface area contributed by atoms with Crippen LogP contribution in [0.25, 0.3) is 10.8 Å². The van der Waals surface area contributed by atoms with E-state index in [2.05, 4.69) is 4.98 Å². The van der Waals surface area contributed by atoms with Crippen molar-refractivity contribution in [2.24, 2.45) is 5.92 Å². The molecule has 3 heterocycles. The Hall–Kier alpha value is -1.66. The SMILES string of the molecule is CCN(C[C@@H]1CCOC1)C(=O)c1nc(-c2ccco2)sc1C. The first-order chi connectivity index (χ1) is 10.7. The number of nitrogens with zero attached hydrogens (tertiary/aromatic N) is 2. The van der Waals surface area contributed by atoms with Gasteiger partial charge in [-0.25, -0.2) is 4.98 Å². The lowest BCUT2D eigenvalue weighted by Crippen LogP contribution is -2.36. The molecule has 1 amide bonds. The quantitative estimate of drug-likeness (QED) is 0.849. The van der Waals surface area contributed by atoms with Crippen LogP contribution in [0.5, 0.6) is 0 Å². The molecule has 0 saturated carbocycles. The molecular weight excluding hydrogens is 300 g/mol. The first-order valence-electron chi connectivity index (χ1n) is 7.57. The molecule has 118 valence electrons. The Kier molecular flexibility index (Phi) is 4.59. The van der Waals surface area contributed by atoms with Crippen LogP contribution in [-0.2, 0) is 4.74 Å². The fraction of sp³-hybridized carbons (Fsp3) is 0.500. The number of hydrogen-bond acceptors (Lipinski definition) is 5. The van der Waals surface area contributed by atoms with E-state index >= 15 is 0 Å². The van der Waals surface area contributed by atoms with Crippen molar-refractivity contribution in [1.29, 1.82) is 0 Å². The third-order valence-electron chi connectivity index (χ3n) is 3.90. The molecule has 0 aromatic carbocycles. The highest BCUT2D eigenvalue weighted by atomic mass is 32.1. The van der Waals surface area contributed by atoms with Crippen LogP contribution < -0.4 is 0 Å². The van der Waals surface area contributed by atoms with Crippen molar-refractivity contribution in [2.75, 3.05) is 26.3 Å². The number of hydrogen-bond donors (Lipinski definition) is 0. The van der Waals surface area contributed by atoms with E-state index in [0.717, 1.165) is 36.1 Å². The number of furan rings is 1. The fourth-order valence-corrected chi connectivity index (χ4v) is 3.52. The molecule has 0 spiro atoms. The molecule has 1 atom stereocenters. The van der Waals surface area contributed by atoms with E-state index < -0.39 is 0 Å². The number of thiazole rings is 1. The maximum atomic E-state index is 12.8. The molecule has 0 unspecified atom stereocenters. The number of carbonyl (C=O) groups is 1. The molecule has 22 heavy (non-hydrogen) atoms. The minimum atomic E-state index is 0.000885. The second kappa shape index (κ2) is 6.62. The smallest absolute Gasteiger partial charge is 0.273 e. The van der Waals surface area contributed by atoms with E-state index in [4.69, 9.17) is 9.15 Å². The maximum absolute atomic E-state index is 12.8. The average molecular weight is 320 g/mol. The predicted molar refractivity (Wildman–Crippen MR) is 85.1 cm³/mol. The van der Waals surface area contributed by atoms with Crippen LogP contribution in [-0.4, -0.2) is 42.1 Å². The highest BCUT2D eigenvalue weighted by Crippen LogP contribution is 2.28. The molecule has 1 aliphatic heterocycles. The van der Waals surface area contributed by atoms with Gasteiger partial charge in [-0.3, -0.25) is 4.79 Å². The Labute approximate surface area is 133 Å². The molecule has 1 saturated heterocycles. The summed E-state index contributed by atoms with van der Waals surface area (Å²) in [6, 6.07) is 3.69. The van der Waals surface area contributed by atoms with Crippen molar-refractivity contribution in [1.82, 2.24) is 9.88 Å². The van der Waals surface area contributed by atoms with Crippen LogP contribution in [0.3, 0.4) is 0 Å². The summed E-state index contributed by atoms with van der Waals surface area (Å²) >= 11 is 1.49. The molecule has 2 aromatic rings. The largest absolute Gasteiger partial charge is 0.462 e. The van der Waals surface area contributed by atoms with Crippen LogP contribution in [0.1, 0.15) is 28.7 Å². The molecule has 0 aliphatic carbocycles. The highest BCUT2D eigenvalue weighted by molar-refractivity contribution is 7.15. The van der Waals surface area contributed by atoms with Gasteiger partial charge >= 0.3 is 0 Å². The molecule has 3 rings (SSSR count). The standard InChI is InChI=1S/C16H20N2O3S/c1-3-18(9-12-6-8-20-10-12)16(19)14-11(2)22-15(17-14)13-5-4-7-21-13/h4-5,7,12H,3,6,8-10H2,1-2H3/t12-/m0/s1. The zero-order chi connectivity index (χ0) is 15.5. The normalized spacial score (nSPS) is 17.8. The van der Waals surface area contributed by atoms with Crippen LogP contribution in [0, 0.1) is 12.8 Å². The van der Waals surface area contributed by atoms with Crippen LogP contribution in [0.2, 0.25) is 0 Å². The summed E-state index contributed by atoms with van der Waals surface area (Å²) in [6.07, 6.45) is 2.64.